The molecule has 0 aliphatic heterocycles. The monoisotopic (exact) mass is 218 g/mol. The van der Waals surface area contributed by atoms with Crippen LogP contribution >= 0.6 is 0 Å². The SMILES string of the molecule is CC1=C(/C=C/C(C)=C/CO)C(C)(C)CC=C1. The molecule has 0 unspecified atom stereocenters. The Morgan fingerprint density at radius 3 is 2.75 bits per heavy atom. The Labute approximate surface area is 98.9 Å². The van der Waals surface area contributed by atoms with E-state index in [1.54, 1.807) is 0 Å². The first-order valence-electron chi connectivity index (χ1n) is 5.81. The van der Waals surface area contributed by atoms with Crippen LogP contribution in [0.15, 0.2) is 47.1 Å². The average molecular weight is 218 g/mol. The maximum absolute atomic E-state index is 8.79. The molecule has 1 heteroatoms. The van der Waals surface area contributed by atoms with Gasteiger partial charge in [-0.15, -0.1) is 0 Å². The lowest BCUT2D eigenvalue weighted by molar-refractivity contribution is 0.342. The molecule has 1 aliphatic rings. The van der Waals surface area contributed by atoms with Crippen molar-refractivity contribution < 1.29 is 5.11 Å². The van der Waals surface area contributed by atoms with E-state index in [2.05, 4.69) is 45.1 Å². The molecular formula is C15H22O. The Balaban J connectivity index is 2.94. The zero-order valence-electron chi connectivity index (χ0n) is 10.7. The van der Waals surface area contributed by atoms with Crippen LogP contribution in [-0.2, 0) is 0 Å². The lowest BCUT2D eigenvalue weighted by Crippen LogP contribution is -2.16. The molecule has 1 nitrogen and oxygen atoms in total. The third-order valence-corrected chi connectivity index (χ3v) is 3.08. The number of allylic oxidation sites excluding steroid dienone is 7. The Hall–Kier alpha value is -1.08. The number of rotatable bonds is 3. The van der Waals surface area contributed by atoms with E-state index in [9.17, 15) is 0 Å². The van der Waals surface area contributed by atoms with Gasteiger partial charge in [0.25, 0.3) is 0 Å². The van der Waals surface area contributed by atoms with E-state index < -0.39 is 0 Å². The van der Waals surface area contributed by atoms with Gasteiger partial charge in [-0.3, -0.25) is 0 Å². The van der Waals surface area contributed by atoms with Gasteiger partial charge in [0.2, 0.25) is 0 Å². The topological polar surface area (TPSA) is 20.2 Å². The minimum atomic E-state index is 0.109. The van der Waals surface area contributed by atoms with Crippen LogP contribution < -0.4 is 0 Å². The molecule has 1 aliphatic carbocycles. The number of aliphatic hydroxyl groups is 1. The lowest BCUT2D eigenvalue weighted by atomic mass is 9.75. The first kappa shape index (κ1) is 13.0. The van der Waals surface area contributed by atoms with Crippen LogP contribution in [0, 0.1) is 5.41 Å². The molecule has 0 amide bonds. The third kappa shape index (κ3) is 3.21. The molecule has 0 heterocycles. The number of aliphatic hydroxyl groups excluding tert-OH is 1. The van der Waals surface area contributed by atoms with Gasteiger partial charge >= 0.3 is 0 Å². The predicted octanol–water partition coefficient (Wildman–Crippen LogP) is 3.78. The molecule has 0 aromatic carbocycles. The van der Waals surface area contributed by atoms with Gasteiger partial charge in [-0.1, -0.05) is 49.8 Å². The van der Waals surface area contributed by atoms with Gasteiger partial charge in [0, 0.05) is 0 Å². The number of hydrogen-bond acceptors (Lipinski definition) is 1. The van der Waals surface area contributed by atoms with Crippen molar-refractivity contribution >= 4 is 0 Å². The highest BCUT2D eigenvalue weighted by Gasteiger charge is 2.23. The molecule has 0 aromatic rings. The predicted molar refractivity (Wildman–Crippen MR) is 70.2 cm³/mol. The molecule has 0 saturated heterocycles. The molecule has 0 radical (unpaired) electrons. The summed E-state index contributed by atoms with van der Waals surface area (Å²) in [5, 5.41) is 8.79. The van der Waals surface area contributed by atoms with Crippen molar-refractivity contribution in [2.75, 3.05) is 6.61 Å². The highest BCUT2D eigenvalue weighted by Crippen LogP contribution is 2.37. The molecule has 0 fully saturated rings. The van der Waals surface area contributed by atoms with Crippen molar-refractivity contribution in [2.24, 2.45) is 5.41 Å². The summed E-state index contributed by atoms with van der Waals surface area (Å²) in [6, 6.07) is 0. The minimum absolute atomic E-state index is 0.109. The maximum Gasteiger partial charge on any atom is 0.0617 e. The normalized spacial score (nSPS) is 20.9. The molecule has 0 bridgehead atoms. The molecule has 1 rings (SSSR count). The molecule has 0 spiro atoms. The molecule has 88 valence electrons. The standard InChI is InChI=1S/C15H22O/c1-12(9-11-16)7-8-14-13(2)6-5-10-15(14,3)4/h5-9,16H,10-11H2,1-4H3/b8-7+,12-9+. The van der Waals surface area contributed by atoms with E-state index in [4.69, 9.17) is 5.11 Å². The van der Waals surface area contributed by atoms with Crippen molar-refractivity contribution in [3.8, 4) is 0 Å². The second-order valence-corrected chi connectivity index (χ2v) is 5.05. The fourth-order valence-corrected chi connectivity index (χ4v) is 2.05. The minimum Gasteiger partial charge on any atom is -0.392 e. The van der Waals surface area contributed by atoms with Gasteiger partial charge in [0.15, 0.2) is 0 Å². The fourth-order valence-electron chi connectivity index (χ4n) is 2.05. The summed E-state index contributed by atoms with van der Waals surface area (Å²) in [7, 11) is 0. The van der Waals surface area contributed by atoms with E-state index in [0.29, 0.717) is 0 Å². The Morgan fingerprint density at radius 2 is 2.19 bits per heavy atom. The van der Waals surface area contributed by atoms with E-state index in [0.717, 1.165) is 12.0 Å². The highest BCUT2D eigenvalue weighted by atomic mass is 16.2. The second kappa shape index (κ2) is 5.31. The molecule has 0 aromatic heterocycles. The van der Waals surface area contributed by atoms with Crippen LogP contribution in [0.1, 0.15) is 34.1 Å². The molecule has 1 N–H and O–H groups in total. The largest absolute Gasteiger partial charge is 0.392 e. The van der Waals surface area contributed by atoms with Crippen LogP contribution in [0.5, 0.6) is 0 Å². The van der Waals surface area contributed by atoms with Crippen LogP contribution in [0.2, 0.25) is 0 Å². The first-order chi connectivity index (χ1) is 7.47. The summed E-state index contributed by atoms with van der Waals surface area (Å²) in [4.78, 5) is 0. The van der Waals surface area contributed by atoms with E-state index in [1.807, 2.05) is 13.0 Å². The summed E-state index contributed by atoms with van der Waals surface area (Å²) >= 11 is 0. The van der Waals surface area contributed by atoms with Crippen LogP contribution in [0.4, 0.5) is 0 Å². The van der Waals surface area contributed by atoms with E-state index in [-0.39, 0.29) is 12.0 Å². The van der Waals surface area contributed by atoms with Crippen molar-refractivity contribution in [2.45, 2.75) is 34.1 Å². The van der Waals surface area contributed by atoms with E-state index >= 15 is 0 Å². The zero-order chi connectivity index (χ0) is 12.2. The summed E-state index contributed by atoms with van der Waals surface area (Å²) in [6.45, 7) is 8.81. The second-order valence-electron chi connectivity index (χ2n) is 5.05. The van der Waals surface area contributed by atoms with Crippen molar-refractivity contribution in [3.05, 3.63) is 47.1 Å². The van der Waals surface area contributed by atoms with Crippen molar-refractivity contribution in [3.63, 3.8) is 0 Å². The highest BCUT2D eigenvalue weighted by molar-refractivity contribution is 5.41. The Kier molecular flexibility index (Phi) is 4.31. The van der Waals surface area contributed by atoms with Gasteiger partial charge in [-0.2, -0.15) is 0 Å². The van der Waals surface area contributed by atoms with Crippen LogP contribution in [0.3, 0.4) is 0 Å². The molecule has 0 atom stereocenters. The van der Waals surface area contributed by atoms with Crippen molar-refractivity contribution in [1.82, 2.24) is 0 Å². The summed E-state index contributed by atoms with van der Waals surface area (Å²) < 4.78 is 0. The molecule has 0 saturated carbocycles. The van der Waals surface area contributed by atoms with Crippen LogP contribution in [0.25, 0.3) is 0 Å². The zero-order valence-corrected chi connectivity index (χ0v) is 10.7. The average Bonchev–Trinajstić information content (AvgIpc) is 2.16. The van der Waals surface area contributed by atoms with Gasteiger partial charge in [0.05, 0.1) is 6.61 Å². The molecular weight excluding hydrogens is 196 g/mol. The smallest absolute Gasteiger partial charge is 0.0617 e. The van der Waals surface area contributed by atoms with Gasteiger partial charge < -0.3 is 5.11 Å². The summed E-state index contributed by atoms with van der Waals surface area (Å²) in [6.07, 6.45) is 11.6. The van der Waals surface area contributed by atoms with Gasteiger partial charge in [0.1, 0.15) is 0 Å². The summed E-state index contributed by atoms with van der Waals surface area (Å²) in [5.41, 5.74) is 4.05. The quantitative estimate of drug-likeness (QED) is 0.715. The number of hydrogen-bond donors (Lipinski definition) is 1. The maximum atomic E-state index is 8.79. The molecule has 16 heavy (non-hydrogen) atoms. The van der Waals surface area contributed by atoms with Gasteiger partial charge in [-0.05, 0) is 36.8 Å². The Bertz CT molecular complexity index is 365. The first-order valence-corrected chi connectivity index (χ1v) is 5.81. The van der Waals surface area contributed by atoms with Crippen molar-refractivity contribution in [1.29, 1.82) is 0 Å². The third-order valence-electron chi connectivity index (χ3n) is 3.08. The fraction of sp³-hybridized carbons (Fsp3) is 0.467. The Morgan fingerprint density at radius 1 is 1.50 bits per heavy atom. The van der Waals surface area contributed by atoms with Crippen LogP contribution in [-0.4, -0.2) is 11.7 Å². The van der Waals surface area contributed by atoms with E-state index in [1.165, 1.54) is 11.1 Å². The van der Waals surface area contributed by atoms with Gasteiger partial charge in [-0.25, -0.2) is 0 Å². The lowest BCUT2D eigenvalue weighted by Gasteiger charge is -2.29. The summed E-state index contributed by atoms with van der Waals surface area (Å²) in [5.74, 6) is 0.